The van der Waals surface area contributed by atoms with Crippen LogP contribution in [0, 0.1) is 0 Å². The van der Waals surface area contributed by atoms with Crippen molar-refractivity contribution in [2.24, 2.45) is 0 Å². The molecule has 0 saturated carbocycles. The van der Waals surface area contributed by atoms with Gasteiger partial charge in [-0.25, -0.2) is 9.78 Å². The van der Waals surface area contributed by atoms with Gasteiger partial charge >= 0.3 is 5.97 Å². The molecule has 2 aromatic rings. The molecule has 0 aliphatic rings. The summed E-state index contributed by atoms with van der Waals surface area (Å²) in [6.45, 7) is 2.00. The third-order valence-corrected chi connectivity index (χ3v) is 3.00. The number of hydrogen-bond acceptors (Lipinski definition) is 5. The second-order valence-electron chi connectivity index (χ2n) is 4.42. The summed E-state index contributed by atoms with van der Waals surface area (Å²) in [4.78, 5) is 15.4. The highest BCUT2D eigenvalue weighted by atomic mass is 16.5. The number of pyridine rings is 1. The molecule has 0 spiro atoms. The predicted molar refractivity (Wildman–Crippen MR) is 78.5 cm³/mol. The van der Waals surface area contributed by atoms with Crippen LogP contribution in [0.25, 0.3) is 0 Å². The summed E-state index contributed by atoms with van der Waals surface area (Å²) in [6, 6.07) is 11.1. The maximum absolute atomic E-state index is 11.4. The van der Waals surface area contributed by atoms with Crippen LogP contribution in [0.2, 0.25) is 0 Å². The van der Waals surface area contributed by atoms with Crippen molar-refractivity contribution in [3.05, 3.63) is 53.9 Å². The smallest absolute Gasteiger partial charge is 0.356 e. The number of benzene rings is 1. The molecule has 5 heteroatoms. The zero-order valence-electron chi connectivity index (χ0n) is 11.5. The highest BCUT2D eigenvalue weighted by molar-refractivity contribution is 5.88. The first-order valence-electron chi connectivity index (χ1n) is 6.27. The van der Waals surface area contributed by atoms with Gasteiger partial charge in [0.25, 0.3) is 0 Å². The molecule has 104 valence electrons. The van der Waals surface area contributed by atoms with Crippen LogP contribution in [-0.2, 0) is 4.74 Å². The minimum atomic E-state index is -0.458. The summed E-state index contributed by atoms with van der Waals surface area (Å²) in [5.41, 5.74) is 8.74. The van der Waals surface area contributed by atoms with Crippen LogP contribution in [0.5, 0.6) is 0 Å². The average molecular weight is 271 g/mol. The Bertz CT molecular complexity index is 614. The molecule has 1 aromatic carbocycles. The fourth-order valence-electron chi connectivity index (χ4n) is 1.97. The van der Waals surface area contributed by atoms with Gasteiger partial charge in [-0.05, 0) is 30.7 Å². The number of ether oxygens (including phenoxy) is 1. The van der Waals surface area contributed by atoms with Crippen LogP contribution in [0.3, 0.4) is 0 Å². The molecule has 1 aromatic heterocycles. The number of nitrogens with two attached hydrogens (primary N) is 1. The van der Waals surface area contributed by atoms with Gasteiger partial charge in [0.2, 0.25) is 0 Å². The van der Waals surface area contributed by atoms with E-state index >= 15 is 0 Å². The number of nitrogen functional groups attached to an aromatic ring is 1. The quantitative estimate of drug-likeness (QED) is 0.660. The third-order valence-electron chi connectivity index (χ3n) is 3.00. The zero-order valence-corrected chi connectivity index (χ0v) is 11.5. The van der Waals surface area contributed by atoms with Crippen LogP contribution in [0.1, 0.15) is 29.0 Å². The summed E-state index contributed by atoms with van der Waals surface area (Å²) in [7, 11) is 1.33. The van der Waals surface area contributed by atoms with Gasteiger partial charge in [0, 0.05) is 17.6 Å². The second-order valence-corrected chi connectivity index (χ2v) is 4.42. The van der Waals surface area contributed by atoms with Gasteiger partial charge in [0.15, 0.2) is 0 Å². The van der Waals surface area contributed by atoms with Crippen molar-refractivity contribution >= 4 is 17.3 Å². The van der Waals surface area contributed by atoms with Gasteiger partial charge in [0.05, 0.1) is 13.2 Å². The van der Waals surface area contributed by atoms with E-state index in [1.807, 2.05) is 31.2 Å². The molecule has 2 rings (SSSR count). The number of anilines is 2. The van der Waals surface area contributed by atoms with E-state index in [4.69, 9.17) is 5.73 Å². The molecule has 5 nitrogen and oxygen atoms in total. The molecule has 0 radical (unpaired) electrons. The molecule has 0 fully saturated rings. The Morgan fingerprint density at radius 1 is 1.35 bits per heavy atom. The topological polar surface area (TPSA) is 77.2 Å². The lowest BCUT2D eigenvalue weighted by atomic mass is 10.1. The zero-order chi connectivity index (χ0) is 14.5. The van der Waals surface area contributed by atoms with Crippen molar-refractivity contribution in [3.8, 4) is 0 Å². The summed E-state index contributed by atoms with van der Waals surface area (Å²) in [5, 5.41) is 3.29. The van der Waals surface area contributed by atoms with Gasteiger partial charge in [-0.2, -0.15) is 0 Å². The number of aromatic nitrogens is 1. The van der Waals surface area contributed by atoms with Gasteiger partial charge in [-0.3, -0.25) is 0 Å². The van der Waals surface area contributed by atoms with E-state index in [9.17, 15) is 4.79 Å². The Morgan fingerprint density at radius 3 is 2.80 bits per heavy atom. The summed E-state index contributed by atoms with van der Waals surface area (Å²) in [5.74, 6) is -0.458. The van der Waals surface area contributed by atoms with Crippen molar-refractivity contribution in [3.63, 3.8) is 0 Å². The van der Waals surface area contributed by atoms with Crippen molar-refractivity contribution in [2.45, 2.75) is 13.0 Å². The third kappa shape index (κ3) is 3.06. The van der Waals surface area contributed by atoms with Gasteiger partial charge < -0.3 is 15.8 Å². The minimum Gasteiger partial charge on any atom is -0.464 e. The van der Waals surface area contributed by atoms with E-state index in [1.54, 1.807) is 18.3 Å². The molecule has 1 unspecified atom stereocenters. The highest BCUT2D eigenvalue weighted by Crippen LogP contribution is 2.23. The Morgan fingerprint density at radius 2 is 2.10 bits per heavy atom. The maximum Gasteiger partial charge on any atom is 0.356 e. The van der Waals surface area contributed by atoms with Crippen LogP contribution >= 0.6 is 0 Å². The van der Waals surface area contributed by atoms with Crippen molar-refractivity contribution in [1.29, 1.82) is 0 Å². The molecule has 0 amide bonds. The molecule has 0 aliphatic carbocycles. The predicted octanol–water partition coefficient (Wildman–Crippen LogP) is 2.62. The van der Waals surface area contributed by atoms with E-state index < -0.39 is 5.97 Å². The number of nitrogens with one attached hydrogen (secondary N) is 1. The average Bonchev–Trinajstić information content (AvgIpc) is 2.47. The maximum atomic E-state index is 11.4. The second kappa shape index (κ2) is 6.06. The van der Waals surface area contributed by atoms with Crippen LogP contribution < -0.4 is 11.1 Å². The van der Waals surface area contributed by atoms with Crippen molar-refractivity contribution in [1.82, 2.24) is 4.98 Å². The van der Waals surface area contributed by atoms with Crippen LogP contribution in [0.15, 0.2) is 42.6 Å². The largest absolute Gasteiger partial charge is 0.464 e. The number of carbonyl (C=O) groups is 1. The van der Waals surface area contributed by atoms with Gasteiger partial charge in [0.1, 0.15) is 5.69 Å². The van der Waals surface area contributed by atoms with Gasteiger partial charge in [-0.1, -0.05) is 18.2 Å². The lowest BCUT2D eigenvalue weighted by Gasteiger charge is -2.17. The first-order chi connectivity index (χ1) is 9.61. The fourth-order valence-corrected chi connectivity index (χ4v) is 1.97. The lowest BCUT2D eigenvalue weighted by Crippen LogP contribution is -2.10. The number of para-hydroxylation sites is 1. The van der Waals surface area contributed by atoms with Crippen LogP contribution in [-0.4, -0.2) is 18.1 Å². The number of nitrogens with zero attached hydrogens (tertiary/aromatic N) is 1. The number of esters is 1. The molecule has 0 aliphatic heterocycles. The summed E-state index contributed by atoms with van der Waals surface area (Å²) < 4.78 is 4.65. The molecule has 0 saturated heterocycles. The summed E-state index contributed by atoms with van der Waals surface area (Å²) >= 11 is 0. The Kier molecular flexibility index (Phi) is 4.20. The molecule has 0 bridgehead atoms. The highest BCUT2D eigenvalue weighted by Gasteiger charge is 2.11. The van der Waals surface area contributed by atoms with E-state index in [1.165, 1.54) is 7.11 Å². The number of rotatable bonds is 4. The molecule has 3 N–H and O–H groups in total. The lowest BCUT2D eigenvalue weighted by molar-refractivity contribution is 0.0594. The van der Waals surface area contributed by atoms with Gasteiger partial charge in [-0.15, -0.1) is 0 Å². The molecule has 1 heterocycles. The Hall–Kier alpha value is -2.56. The normalized spacial score (nSPS) is 11.7. The SMILES string of the molecule is COC(=O)c1cc(NC(C)c2ccccc2N)ccn1. The standard InChI is InChI=1S/C15H17N3O2/c1-10(12-5-3-4-6-13(12)16)18-11-7-8-17-14(9-11)15(19)20-2/h3-10H,16H2,1-2H3,(H,17,18). The fraction of sp³-hybridized carbons (Fsp3) is 0.200. The minimum absolute atomic E-state index is 0.0177. The molecular formula is C15H17N3O2. The monoisotopic (exact) mass is 271 g/mol. The van der Waals surface area contributed by atoms with Crippen molar-refractivity contribution < 1.29 is 9.53 Å². The Labute approximate surface area is 117 Å². The summed E-state index contributed by atoms with van der Waals surface area (Å²) in [6.07, 6.45) is 1.57. The first-order valence-corrected chi connectivity index (χ1v) is 6.27. The first kappa shape index (κ1) is 13.9. The Balaban J connectivity index is 2.18. The van der Waals surface area contributed by atoms with E-state index in [2.05, 4.69) is 15.0 Å². The molecule has 1 atom stereocenters. The van der Waals surface area contributed by atoms with E-state index in [0.29, 0.717) is 0 Å². The van der Waals surface area contributed by atoms with Crippen molar-refractivity contribution in [2.75, 3.05) is 18.2 Å². The van der Waals surface area contributed by atoms with E-state index in [-0.39, 0.29) is 11.7 Å². The van der Waals surface area contributed by atoms with Crippen LogP contribution in [0.4, 0.5) is 11.4 Å². The number of methoxy groups -OCH3 is 1. The number of carbonyl (C=O) groups excluding carboxylic acids is 1. The van der Waals surface area contributed by atoms with E-state index in [0.717, 1.165) is 16.9 Å². The number of hydrogen-bond donors (Lipinski definition) is 2. The molecular weight excluding hydrogens is 254 g/mol. The molecule has 20 heavy (non-hydrogen) atoms.